The summed E-state index contributed by atoms with van der Waals surface area (Å²) in [5.74, 6) is 0.635. The Labute approximate surface area is 131 Å². The zero-order valence-electron chi connectivity index (χ0n) is 11.7. The molecule has 1 N–H and O–H groups in total. The van der Waals surface area contributed by atoms with Gasteiger partial charge in [0.1, 0.15) is 4.47 Å². The van der Waals surface area contributed by atoms with Crippen LogP contribution >= 0.6 is 15.9 Å². The van der Waals surface area contributed by atoms with E-state index in [9.17, 15) is 4.79 Å². The third-order valence-electron chi connectivity index (χ3n) is 3.58. The van der Waals surface area contributed by atoms with Crippen molar-refractivity contribution in [3.8, 4) is 0 Å². The molecule has 1 fully saturated rings. The lowest BCUT2D eigenvalue weighted by Gasteiger charge is -2.10. The SMILES string of the molecule is O=c1c(Br)c(NCCCn2ccnc2)cnn1CC1CC1. The van der Waals surface area contributed by atoms with Crippen LogP contribution < -0.4 is 10.9 Å². The van der Waals surface area contributed by atoms with Crippen molar-refractivity contribution in [1.82, 2.24) is 19.3 Å². The molecular formula is C14H18BrN5O. The minimum absolute atomic E-state index is 0.0542. The number of nitrogens with one attached hydrogen (secondary N) is 1. The van der Waals surface area contributed by atoms with Gasteiger partial charge in [-0.25, -0.2) is 9.67 Å². The summed E-state index contributed by atoms with van der Waals surface area (Å²) in [5.41, 5.74) is 0.708. The monoisotopic (exact) mass is 351 g/mol. The molecule has 2 aromatic heterocycles. The molecule has 0 saturated heterocycles. The van der Waals surface area contributed by atoms with Crippen LogP contribution in [0.5, 0.6) is 0 Å². The highest BCUT2D eigenvalue weighted by Gasteiger charge is 2.23. The summed E-state index contributed by atoms with van der Waals surface area (Å²) in [6.07, 6.45) is 10.6. The van der Waals surface area contributed by atoms with Crippen LogP contribution in [0, 0.1) is 5.92 Å². The van der Waals surface area contributed by atoms with E-state index in [1.165, 1.54) is 12.8 Å². The maximum absolute atomic E-state index is 12.2. The quantitative estimate of drug-likeness (QED) is 0.776. The number of nitrogens with zero attached hydrogens (tertiary/aromatic N) is 4. The van der Waals surface area contributed by atoms with E-state index in [1.54, 1.807) is 23.4 Å². The highest BCUT2D eigenvalue weighted by molar-refractivity contribution is 9.10. The molecule has 112 valence electrons. The highest BCUT2D eigenvalue weighted by atomic mass is 79.9. The fourth-order valence-electron chi connectivity index (χ4n) is 2.17. The van der Waals surface area contributed by atoms with Gasteiger partial charge in [0, 0.05) is 32.0 Å². The van der Waals surface area contributed by atoms with Crippen molar-refractivity contribution in [3.63, 3.8) is 0 Å². The third kappa shape index (κ3) is 3.72. The van der Waals surface area contributed by atoms with Crippen LogP contribution in [0.1, 0.15) is 19.3 Å². The molecule has 6 nitrogen and oxygen atoms in total. The predicted molar refractivity (Wildman–Crippen MR) is 84.3 cm³/mol. The summed E-state index contributed by atoms with van der Waals surface area (Å²) >= 11 is 3.38. The first-order valence-corrected chi connectivity index (χ1v) is 7.98. The summed E-state index contributed by atoms with van der Waals surface area (Å²) in [6, 6.07) is 0. The van der Waals surface area contributed by atoms with E-state index in [-0.39, 0.29) is 5.56 Å². The summed E-state index contributed by atoms with van der Waals surface area (Å²) in [5, 5.41) is 7.50. The Morgan fingerprint density at radius 2 is 2.29 bits per heavy atom. The predicted octanol–water partition coefficient (Wildman–Crippen LogP) is 2.11. The molecule has 0 amide bonds. The van der Waals surface area contributed by atoms with Gasteiger partial charge in [-0.1, -0.05) is 0 Å². The van der Waals surface area contributed by atoms with Crippen LogP contribution in [0.15, 0.2) is 34.2 Å². The molecule has 0 spiro atoms. The van der Waals surface area contributed by atoms with Crippen molar-refractivity contribution in [2.24, 2.45) is 5.92 Å². The Kier molecular flexibility index (Phi) is 4.38. The van der Waals surface area contributed by atoms with Gasteiger partial charge >= 0.3 is 0 Å². The molecule has 21 heavy (non-hydrogen) atoms. The van der Waals surface area contributed by atoms with Gasteiger partial charge in [-0.15, -0.1) is 0 Å². The van der Waals surface area contributed by atoms with Crippen molar-refractivity contribution in [3.05, 3.63) is 39.7 Å². The van der Waals surface area contributed by atoms with E-state index in [1.807, 2.05) is 10.8 Å². The Hall–Kier alpha value is -1.63. The Balaban J connectivity index is 1.55. The maximum Gasteiger partial charge on any atom is 0.283 e. The number of halogens is 1. The Morgan fingerprint density at radius 1 is 1.43 bits per heavy atom. The zero-order valence-corrected chi connectivity index (χ0v) is 13.3. The summed E-state index contributed by atoms with van der Waals surface area (Å²) in [6.45, 7) is 2.42. The van der Waals surface area contributed by atoms with Crippen molar-refractivity contribution in [2.45, 2.75) is 32.4 Å². The number of anilines is 1. The lowest BCUT2D eigenvalue weighted by atomic mass is 10.3. The van der Waals surface area contributed by atoms with Gasteiger partial charge in [0.05, 0.1) is 18.2 Å². The lowest BCUT2D eigenvalue weighted by Crippen LogP contribution is -2.25. The van der Waals surface area contributed by atoms with Gasteiger partial charge in [0.2, 0.25) is 0 Å². The van der Waals surface area contributed by atoms with E-state index in [4.69, 9.17) is 0 Å². The Morgan fingerprint density at radius 3 is 3.00 bits per heavy atom. The van der Waals surface area contributed by atoms with E-state index >= 15 is 0 Å². The number of imidazole rings is 1. The molecule has 0 unspecified atom stereocenters. The molecule has 0 bridgehead atoms. The van der Waals surface area contributed by atoms with Crippen molar-refractivity contribution < 1.29 is 0 Å². The van der Waals surface area contributed by atoms with Crippen LogP contribution in [0.25, 0.3) is 0 Å². The first-order valence-electron chi connectivity index (χ1n) is 7.19. The number of hydrogen-bond acceptors (Lipinski definition) is 4. The van der Waals surface area contributed by atoms with Gasteiger partial charge in [-0.05, 0) is 41.1 Å². The lowest BCUT2D eigenvalue weighted by molar-refractivity contribution is 0.531. The summed E-state index contributed by atoms with van der Waals surface area (Å²) in [7, 11) is 0. The smallest absolute Gasteiger partial charge is 0.283 e. The molecule has 2 heterocycles. The highest BCUT2D eigenvalue weighted by Crippen LogP contribution is 2.30. The molecule has 1 aliphatic carbocycles. The number of aryl methyl sites for hydroxylation is 1. The van der Waals surface area contributed by atoms with Gasteiger partial charge in [-0.2, -0.15) is 5.10 Å². The number of rotatable bonds is 7. The molecule has 2 aromatic rings. The van der Waals surface area contributed by atoms with E-state index in [0.29, 0.717) is 10.4 Å². The second-order valence-corrected chi connectivity index (χ2v) is 6.18. The average molecular weight is 352 g/mol. The van der Waals surface area contributed by atoms with Gasteiger partial charge < -0.3 is 9.88 Å². The number of hydrogen-bond donors (Lipinski definition) is 1. The zero-order chi connectivity index (χ0) is 14.7. The van der Waals surface area contributed by atoms with Gasteiger partial charge in [-0.3, -0.25) is 4.79 Å². The topological polar surface area (TPSA) is 64.7 Å². The van der Waals surface area contributed by atoms with Gasteiger partial charge in [0.15, 0.2) is 0 Å². The Bertz CT molecular complexity index is 648. The molecule has 0 aromatic carbocycles. The summed E-state index contributed by atoms with van der Waals surface area (Å²) in [4.78, 5) is 16.2. The van der Waals surface area contributed by atoms with Gasteiger partial charge in [0.25, 0.3) is 5.56 Å². The first kappa shape index (κ1) is 14.3. The summed E-state index contributed by atoms with van der Waals surface area (Å²) < 4.78 is 4.15. The maximum atomic E-state index is 12.2. The van der Waals surface area contributed by atoms with Crippen LogP contribution in [0.4, 0.5) is 5.69 Å². The molecule has 0 aliphatic heterocycles. The van der Waals surface area contributed by atoms with Crippen LogP contribution in [0.2, 0.25) is 0 Å². The largest absolute Gasteiger partial charge is 0.383 e. The fraction of sp³-hybridized carbons (Fsp3) is 0.500. The average Bonchev–Trinajstić information content (AvgIpc) is 3.15. The van der Waals surface area contributed by atoms with Crippen molar-refractivity contribution in [1.29, 1.82) is 0 Å². The molecule has 0 atom stereocenters. The van der Waals surface area contributed by atoms with Crippen LogP contribution in [-0.4, -0.2) is 25.9 Å². The van der Waals surface area contributed by atoms with Crippen molar-refractivity contribution >= 4 is 21.6 Å². The fourth-order valence-corrected chi connectivity index (χ4v) is 2.61. The molecular weight excluding hydrogens is 334 g/mol. The minimum atomic E-state index is -0.0542. The van der Waals surface area contributed by atoms with Crippen LogP contribution in [-0.2, 0) is 13.1 Å². The molecule has 1 aliphatic rings. The molecule has 1 saturated carbocycles. The normalized spacial score (nSPS) is 14.3. The standard InChI is InChI=1S/C14H18BrN5O/c15-13-12(17-4-1-6-19-7-5-16-10-19)8-18-20(14(13)21)9-11-2-3-11/h5,7-8,10-11,17H,1-4,6,9H2. The van der Waals surface area contributed by atoms with E-state index in [0.717, 1.165) is 31.7 Å². The van der Waals surface area contributed by atoms with Crippen molar-refractivity contribution in [2.75, 3.05) is 11.9 Å². The molecule has 3 rings (SSSR count). The number of aromatic nitrogens is 4. The van der Waals surface area contributed by atoms with Crippen LogP contribution in [0.3, 0.4) is 0 Å². The molecule has 7 heteroatoms. The van der Waals surface area contributed by atoms with E-state index < -0.39 is 0 Å². The minimum Gasteiger partial charge on any atom is -0.383 e. The second-order valence-electron chi connectivity index (χ2n) is 5.38. The third-order valence-corrected chi connectivity index (χ3v) is 4.35. The van der Waals surface area contributed by atoms with E-state index in [2.05, 4.69) is 31.3 Å². The first-order chi connectivity index (χ1) is 10.2. The molecule has 0 radical (unpaired) electrons. The second kappa shape index (κ2) is 6.43.